The van der Waals surface area contributed by atoms with Gasteiger partial charge in [-0.3, -0.25) is 5.32 Å². The smallest absolute Gasteiger partial charge is 0.413 e. The van der Waals surface area contributed by atoms with Crippen LogP contribution in [0.5, 0.6) is 0 Å². The summed E-state index contributed by atoms with van der Waals surface area (Å²) in [5.74, 6) is 0. The number of hydrogen-bond donors (Lipinski definition) is 3. The normalized spacial score (nSPS) is 11.7. The standard InChI is InChI=1S/C27H35N3O4S/c1-27(2,3)34-26(32)30-24(35)28-15-8-4-5-9-16-29-25(31)33-18-20-12-10-14-22-21-13-7-6-11-19(21)17-23(20)22/h6-7,10-14H,4-5,8-9,15-18H2,1-3H3,(H,29,31)(H2,28,30,32,35). The van der Waals surface area contributed by atoms with Crippen LogP contribution in [-0.4, -0.2) is 36.0 Å². The highest BCUT2D eigenvalue weighted by molar-refractivity contribution is 7.80. The zero-order chi connectivity index (χ0) is 25.3. The van der Waals surface area contributed by atoms with Crippen LogP contribution in [0, 0.1) is 0 Å². The van der Waals surface area contributed by atoms with Crippen molar-refractivity contribution in [2.75, 3.05) is 13.1 Å². The summed E-state index contributed by atoms with van der Waals surface area (Å²) in [6.07, 6.45) is 3.65. The van der Waals surface area contributed by atoms with Crippen LogP contribution in [0.3, 0.4) is 0 Å². The second-order valence-corrected chi connectivity index (χ2v) is 9.99. The molecule has 0 atom stereocenters. The molecule has 35 heavy (non-hydrogen) atoms. The van der Waals surface area contributed by atoms with Gasteiger partial charge in [0.15, 0.2) is 5.11 Å². The van der Waals surface area contributed by atoms with Gasteiger partial charge < -0.3 is 20.1 Å². The number of amides is 2. The molecule has 3 N–H and O–H groups in total. The van der Waals surface area contributed by atoms with Crippen molar-refractivity contribution in [3.8, 4) is 11.1 Å². The van der Waals surface area contributed by atoms with Gasteiger partial charge in [-0.15, -0.1) is 0 Å². The first kappa shape index (κ1) is 26.5. The lowest BCUT2D eigenvalue weighted by molar-refractivity contribution is 0.0562. The van der Waals surface area contributed by atoms with E-state index in [4.69, 9.17) is 21.7 Å². The third kappa shape index (κ3) is 8.55. The Morgan fingerprint density at radius 3 is 2.31 bits per heavy atom. The van der Waals surface area contributed by atoms with Gasteiger partial charge >= 0.3 is 12.2 Å². The van der Waals surface area contributed by atoms with Gasteiger partial charge in [0.1, 0.15) is 12.2 Å². The number of carbonyl (C=O) groups is 2. The molecule has 0 bridgehead atoms. The number of fused-ring (bicyclic) bond motifs is 3. The Morgan fingerprint density at radius 2 is 1.57 bits per heavy atom. The lowest BCUT2D eigenvalue weighted by Gasteiger charge is -2.20. The lowest BCUT2D eigenvalue weighted by Crippen LogP contribution is -2.42. The predicted molar refractivity (Wildman–Crippen MR) is 141 cm³/mol. The number of carbonyl (C=O) groups excluding carboxylic acids is 2. The molecule has 2 aromatic carbocycles. The van der Waals surface area contributed by atoms with E-state index in [-0.39, 0.29) is 11.7 Å². The van der Waals surface area contributed by atoms with E-state index in [2.05, 4.69) is 46.3 Å². The Balaban J connectivity index is 1.24. The summed E-state index contributed by atoms with van der Waals surface area (Å²) < 4.78 is 10.6. The minimum Gasteiger partial charge on any atom is -0.445 e. The molecule has 1 aliphatic rings. The third-order valence-electron chi connectivity index (χ3n) is 5.58. The Kier molecular flexibility index (Phi) is 9.48. The fraction of sp³-hybridized carbons (Fsp3) is 0.444. The number of alkyl carbamates (subject to hydrolysis) is 2. The maximum absolute atomic E-state index is 12.1. The van der Waals surface area contributed by atoms with Crippen molar-refractivity contribution in [3.05, 3.63) is 59.2 Å². The van der Waals surface area contributed by atoms with E-state index in [1.807, 2.05) is 12.1 Å². The second kappa shape index (κ2) is 12.5. The van der Waals surface area contributed by atoms with Gasteiger partial charge in [0, 0.05) is 13.1 Å². The Morgan fingerprint density at radius 1 is 0.886 bits per heavy atom. The minimum absolute atomic E-state index is 0.261. The van der Waals surface area contributed by atoms with Crippen molar-refractivity contribution in [1.82, 2.24) is 16.0 Å². The van der Waals surface area contributed by atoms with Gasteiger partial charge in [0.2, 0.25) is 0 Å². The first-order chi connectivity index (χ1) is 16.7. The van der Waals surface area contributed by atoms with Crippen molar-refractivity contribution in [2.45, 2.75) is 65.1 Å². The van der Waals surface area contributed by atoms with Crippen molar-refractivity contribution >= 4 is 29.5 Å². The van der Waals surface area contributed by atoms with Crippen LogP contribution in [0.1, 0.15) is 63.1 Å². The van der Waals surface area contributed by atoms with E-state index >= 15 is 0 Å². The number of benzene rings is 2. The molecule has 2 amide bonds. The molecule has 188 valence electrons. The van der Waals surface area contributed by atoms with Crippen LogP contribution in [0.15, 0.2) is 42.5 Å². The molecule has 0 saturated carbocycles. The molecule has 0 spiro atoms. The average molecular weight is 498 g/mol. The van der Waals surface area contributed by atoms with E-state index in [1.54, 1.807) is 20.8 Å². The molecule has 1 aliphatic carbocycles. The molecule has 0 fully saturated rings. The maximum Gasteiger partial charge on any atom is 0.413 e. The number of rotatable bonds is 9. The van der Waals surface area contributed by atoms with Crippen LogP contribution in [0.2, 0.25) is 0 Å². The summed E-state index contributed by atoms with van der Waals surface area (Å²) in [6, 6.07) is 14.6. The summed E-state index contributed by atoms with van der Waals surface area (Å²) in [5.41, 5.74) is 5.56. The highest BCUT2D eigenvalue weighted by atomic mass is 32.1. The topological polar surface area (TPSA) is 88.7 Å². The number of nitrogens with one attached hydrogen (secondary N) is 3. The molecule has 7 nitrogen and oxygen atoms in total. The van der Waals surface area contributed by atoms with E-state index in [0.29, 0.717) is 13.1 Å². The molecule has 2 aromatic rings. The average Bonchev–Trinajstić information content (AvgIpc) is 3.17. The van der Waals surface area contributed by atoms with Gasteiger partial charge in [-0.2, -0.15) is 0 Å². The molecule has 8 heteroatoms. The summed E-state index contributed by atoms with van der Waals surface area (Å²) in [7, 11) is 0. The van der Waals surface area contributed by atoms with E-state index in [9.17, 15) is 9.59 Å². The minimum atomic E-state index is -0.561. The van der Waals surface area contributed by atoms with E-state index in [0.717, 1.165) is 37.7 Å². The maximum atomic E-state index is 12.1. The molecule has 0 unspecified atom stereocenters. The zero-order valence-corrected chi connectivity index (χ0v) is 21.6. The van der Waals surface area contributed by atoms with E-state index in [1.165, 1.54) is 22.3 Å². The summed E-state index contributed by atoms with van der Waals surface area (Å²) in [4.78, 5) is 23.8. The first-order valence-corrected chi connectivity index (χ1v) is 12.5. The molecular weight excluding hydrogens is 462 g/mol. The van der Waals surface area contributed by atoms with Gasteiger partial charge in [-0.05, 0) is 80.1 Å². The highest BCUT2D eigenvalue weighted by Gasteiger charge is 2.21. The number of unbranched alkanes of at least 4 members (excludes halogenated alkanes) is 3. The van der Waals surface area contributed by atoms with Gasteiger partial charge in [0.05, 0.1) is 0 Å². The molecular formula is C27H35N3O4S. The fourth-order valence-electron chi connectivity index (χ4n) is 3.99. The predicted octanol–water partition coefficient (Wildman–Crippen LogP) is 5.44. The highest BCUT2D eigenvalue weighted by Crippen LogP contribution is 2.38. The number of ether oxygens (including phenoxy) is 2. The molecule has 0 aromatic heterocycles. The first-order valence-electron chi connectivity index (χ1n) is 12.1. The van der Waals surface area contributed by atoms with Crippen LogP contribution in [0.4, 0.5) is 9.59 Å². The SMILES string of the molecule is CC(C)(C)OC(=O)NC(=S)NCCCCCCNC(=O)OCc1cccc2c1Cc1ccccc1-2. The van der Waals surface area contributed by atoms with Crippen LogP contribution < -0.4 is 16.0 Å². The van der Waals surface area contributed by atoms with Gasteiger partial charge in [-0.25, -0.2) is 9.59 Å². The fourth-order valence-corrected chi connectivity index (χ4v) is 4.17. The summed E-state index contributed by atoms with van der Waals surface area (Å²) in [5, 5.41) is 8.58. The third-order valence-corrected chi connectivity index (χ3v) is 5.83. The van der Waals surface area contributed by atoms with Crippen molar-refractivity contribution < 1.29 is 19.1 Å². The Hall–Kier alpha value is -3.13. The van der Waals surface area contributed by atoms with Crippen LogP contribution in [-0.2, 0) is 22.5 Å². The zero-order valence-electron chi connectivity index (χ0n) is 20.7. The van der Waals surface area contributed by atoms with Crippen LogP contribution >= 0.6 is 12.2 Å². The molecule has 0 aliphatic heterocycles. The second-order valence-electron chi connectivity index (χ2n) is 9.58. The monoisotopic (exact) mass is 497 g/mol. The molecule has 0 saturated heterocycles. The van der Waals surface area contributed by atoms with E-state index < -0.39 is 17.8 Å². The number of thiocarbonyl (C=S) groups is 1. The summed E-state index contributed by atoms with van der Waals surface area (Å²) in [6.45, 7) is 6.90. The molecule has 0 heterocycles. The lowest BCUT2D eigenvalue weighted by atomic mass is 10.0. The van der Waals surface area contributed by atoms with Crippen molar-refractivity contribution in [2.24, 2.45) is 0 Å². The Bertz CT molecular complexity index is 1050. The molecule has 3 rings (SSSR count). The largest absolute Gasteiger partial charge is 0.445 e. The number of hydrogen-bond acceptors (Lipinski definition) is 5. The Labute approximate surface area is 213 Å². The summed E-state index contributed by atoms with van der Waals surface area (Å²) >= 11 is 5.09. The molecule has 0 radical (unpaired) electrons. The van der Waals surface area contributed by atoms with Gasteiger partial charge in [0.25, 0.3) is 0 Å². The van der Waals surface area contributed by atoms with Crippen molar-refractivity contribution in [1.29, 1.82) is 0 Å². The van der Waals surface area contributed by atoms with Gasteiger partial charge in [-0.1, -0.05) is 55.3 Å². The quantitative estimate of drug-likeness (QED) is 0.269. The van der Waals surface area contributed by atoms with Crippen molar-refractivity contribution in [3.63, 3.8) is 0 Å². The van der Waals surface area contributed by atoms with Crippen LogP contribution in [0.25, 0.3) is 11.1 Å².